The van der Waals surface area contributed by atoms with Gasteiger partial charge in [0.25, 0.3) is 0 Å². The summed E-state index contributed by atoms with van der Waals surface area (Å²) in [6.07, 6.45) is 5.52. The van der Waals surface area contributed by atoms with Gasteiger partial charge in [0.05, 0.1) is 29.9 Å². The van der Waals surface area contributed by atoms with Crippen molar-refractivity contribution in [1.29, 1.82) is 0 Å². The van der Waals surface area contributed by atoms with Gasteiger partial charge < -0.3 is 19.5 Å². The molecule has 35 heavy (non-hydrogen) atoms. The van der Waals surface area contributed by atoms with Gasteiger partial charge in [-0.05, 0) is 79.7 Å². The van der Waals surface area contributed by atoms with E-state index in [-0.39, 0.29) is 12.1 Å². The number of hydrogen-bond donors (Lipinski definition) is 1. The van der Waals surface area contributed by atoms with Crippen molar-refractivity contribution in [3.63, 3.8) is 0 Å². The molecule has 0 unspecified atom stereocenters. The summed E-state index contributed by atoms with van der Waals surface area (Å²) in [6.45, 7) is 5.05. The molecule has 178 valence electrons. The van der Waals surface area contributed by atoms with Crippen molar-refractivity contribution in [3.05, 3.63) is 106 Å². The normalized spacial score (nSPS) is 17.5. The van der Waals surface area contributed by atoms with Crippen molar-refractivity contribution in [3.8, 4) is 5.75 Å². The summed E-state index contributed by atoms with van der Waals surface area (Å²) < 4.78 is 7.69. The number of nitrogens with one attached hydrogen (secondary N) is 1. The van der Waals surface area contributed by atoms with Crippen LogP contribution in [0.5, 0.6) is 5.75 Å². The second kappa shape index (κ2) is 9.68. The lowest BCUT2D eigenvalue weighted by atomic mass is 9.96. The Hall–Kier alpha value is -3.42. The molecule has 1 N–H and O–H groups in total. The van der Waals surface area contributed by atoms with Crippen LogP contribution in [0, 0.1) is 13.8 Å². The Labute approximate surface area is 215 Å². The molecule has 2 atom stereocenters. The predicted molar refractivity (Wildman–Crippen MR) is 143 cm³/mol. The van der Waals surface area contributed by atoms with Crippen LogP contribution in [-0.4, -0.2) is 26.8 Å². The maximum absolute atomic E-state index is 6.52. The van der Waals surface area contributed by atoms with Crippen LogP contribution < -0.4 is 15.0 Å². The molecule has 1 fully saturated rings. The zero-order valence-electron chi connectivity index (χ0n) is 19.8. The van der Waals surface area contributed by atoms with Gasteiger partial charge in [0.15, 0.2) is 5.11 Å². The molecule has 1 aliphatic heterocycles. The summed E-state index contributed by atoms with van der Waals surface area (Å²) in [5.74, 6) is 0.626. The molecule has 0 radical (unpaired) electrons. The SMILES string of the molecule is COc1ccc(N2C(=S)N[C@H](c3ccccn3)[C@@H]2c2cc(C)n(Cc3cccnc3)c2C)cc1Cl. The number of aryl methyl sites for hydroxylation is 1. The van der Waals surface area contributed by atoms with Crippen LogP contribution in [0.25, 0.3) is 0 Å². The van der Waals surface area contributed by atoms with Crippen LogP contribution in [-0.2, 0) is 6.54 Å². The van der Waals surface area contributed by atoms with Gasteiger partial charge in [-0.1, -0.05) is 23.7 Å². The van der Waals surface area contributed by atoms with Gasteiger partial charge in [0.2, 0.25) is 0 Å². The number of ether oxygens (including phenoxy) is 1. The first-order chi connectivity index (χ1) is 17.0. The molecule has 4 heterocycles. The third-order valence-electron chi connectivity index (χ3n) is 6.51. The van der Waals surface area contributed by atoms with Crippen molar-refractivity contribution in [2.75, 3.05) is 12.0 Å². The number of benzene rings is 1. The minimum absolute atomic E-state index is 0.115. The van der Waals surface area contributed by atoms with E-state index in [2.05, 4.69) is 50.7 Å². The Morgan fingerprint density at radius 2 is 1.94 bits per heavy atom. The van der Waals surface area contributed by atoms with Gasteiger partial charge in [0, 0.05) is 42.2 Å². The first kappa shape index (κ1) is 23.3. The van der Waals surface area contributed by atoms with E-state index in [4.69, 9.17) is 28.6 Å². The Balaban J connectivity index is 1.62. The van der Waals surface area contributed by atoms with Crippen molar-refractivity contribution in [2.45, 2.75) is 32.5 Å². The van der Waals surface area contributed by atoms with Gasteiger partial charge in [-0.25, -0.2) is 0 Å². The fourth-order valence-electron chi connectivity index (χ4n) is 4.80. The van der Waals surface area contributed by atoms with Gasteiger partial charge >= 0.3 is 0 Å². The minimum atomic E-state index is -0.128. The fourth-order valence-corrected chi connectivity index (χ4v) is 5.40. The molecule has 5 rings (SSSR count). The second-order valence-electron chi connectivity index (χ2n) is 8.59. The summed E-state index contributed by atoms with van der Waals surface area (Å²) >= 11 is 12.4. The minimum Gasteiger partial charge on any atom is -0.495 e. The molecule has 3 aromatic heterocycles. The van der Waals surface area contributed by atoms with Gasteiger partial charge in [-0.15, -0.1) is 0 Å². The lowest BCUT2D eigenvalue weighted by Gasteiger charge is -2.28. The topological polar surface area (TPSA) is 55.2 Å². The highest BCUT2D eigenvalue weighted by Crippen LogP contribution is 2.44. The number of rotatable bonds is 6. The Bertz CT molecular complexity index is 1360. The average molecular weight is 504 g/mol. The van der Waals surface area contributed by atoms with Gasteiger partial charge in [-0.3, -0.25) is 9.97 Å². The summed E-state index contributed by atoms with van der Waals surface area (Å²) in [6, 6.07) is 17.8. The van der Waals surface area contributed by atoms with E-state index in [1.807, 2.05) is 54.9 Å². The summed E-state index contributed by atoms with van der Waals surface area (Å²) in [7, 11) is 1.61. The second-order valence-corrected chi connectivity index (χ2v) is 9.38. The van der Waals surface area contributed by atoms with Crippen LogP contribution in [0.15, 0.2) is 73.2 Å². The van der Waals surface area contributed by atoms with Crippen molar-refractivity contribution in [1.82, 2.24) is 19.9 Å². The Kier molecular flexibility index (Phi) is 6.45. The number of methoxy groups -OCH3 is 1. The van der Waals surface area contributed by atoms with Crippen LogP contribution in [0.2, 0.25) is 5.02 Å². The third-order valence-corrected chi connectivity index (χ3v) is 7.12. The first-order valence-corrected chi connectivity index (χ1v) is 12.2. The number of nitrogens with zero attached hydrogens (tertiary/aromatic N) is 4. The standard InChI is InChI=1S/C27H26ClN5OS/c1-17-13-21(18(2)32(17)16-19-7-6-11-29-15-19)26-25(23-8-4-5-12-30-23)31-27(35)33(26)20-9-10-24(34-3)22(28)14-20/h4-15,25-26H,16H2,1-3H3,(H,31,35)/t25-,26+/m1/s1. The highest BCUT2D eigenvalue weighted by atomic mass is 35.5. The number of thiocarbonyl (C=S) groups is 1. The van der Waals surface area contributed by atoms with Crippen molar-refractivity contribution < 1.29 is 4.74 Å². The molecule has 0 aliphatic carbocycles. The quantitative estimate of drug-likeness (QED) is 0.336. The molecule has 1 aliphatic rings. The summed E-state index contributed by atoms with van der Waals surface area (Å²) in [4.78, 5) is 11.1. The van der Waals surface area contributed by atoms with E-state index < -0.39 is 0 Å². The number of halogens is 1. The lowest BCUT2D eigenvalue weighted by Crippen LogP contribution is -2.29. The molecule has 4 aromatic rings. The van der Waals surface area contributed by atoms with Crippen molar-refractivity contribution >= 4 is 34.6 Å². The van der Waals surface area contributed by atoms with Gasteiger partial charge in [0.1, 0.15) is 5.75 Å². The Morgan fingerprint density at radius 1 is 1.09 bits per heavy atom. The van der Waals surface area contributed by atoms with Crippen LogP contribution in [0.4, 0.5) is 5.69 Å². The zero-order chi connectivity index (χ0) is 24.5. The molecule has 0 spiro atoms. The number of anilines is 1. The molecule has 0 amide bonds. The van der Waals surface area contributed by atoms with Crippen molar-refractivity contribution in [2.24, 2.45) is 0 Å². The molecule has 0 saturated carbocycles. The summed E-state index contributed by atoms with van der Waals surface area (Å²) in [5, 5.41) is 4.69. The smallest absolute Gasteiger partial charge is 0.174 e. The molecule has 8 heteroatoms. The van der Waals surface area contributed by atoms with E-state index in [1.54, 1.807) is 13.3 Å². The van der Waals surface area contributed by atoms with Crippen LogP contribution in [0.1, 0.15) is 40.3 Å². The number of hydrogen-bond acceptors (Lipinski definition) is 4. The molecular weight excluding hydrogens is 478 g/mol. The Morgan fingerprint density at radius 3 is 2.63 bits per heavy atom. The zero-order valence-corrected chi connectivity index (χ0v) is 21.3. The molecule has 6 nitrogen and oxygen atoms in total. The lowest BCUT2D eigenvalue weighted by molar-refractivity contribution is 0.415. The average Bonchev–Trinajstić information content (AvgIpc) is 3.36. The predicted octanol–water partition coefficient (Wildman–Crippen LogP) is 5.78. The fraction of sp³-hybridized carbons (Fsp3) is 0.222. The van der Waals surface area contributed by atoms with E-state index in [1.165, 1.54) is 17.0 Å². The highest BCUT2D eigenvalue weighted by Gasteiger charge is 2.42. The van der Waals surface area contributed by atoms with Gasteiger partial charge in [-0.2, -0.15) is 0 Å². The molecule has 1 saturated heterocycles. The number of aromatic nitrogens is 3. The maximum atomic E-state index is 6.52. The highest BCUT2D eigenvalue weighted by molar-refractivity contribution is 7.80. The number of pyridine rings is 2. The first-order valence-electron chi connectivity index (χ1n) is 11.4. The van der Waals surface area contributed by atoms with E-state index in [0.717, 1.165) is 23.5 Å². The third kappa shape index (κ3) is 4.37. The van der Waals surface area contributed by atoms with Crippen LogP contribution >= 0.6 is 23.8 Å². The maximum Gasteiger partial charge on any atom is 0.174 e. The summed E-state index contributed by atoms with van der Waals surface area (Å²) in [5.41, 5.74) is 6.51. The van der Waals surface area contributed by atoms with E-state index in [0.29, 0.717) is 15.9 Å². The van der Waals surface area contributed by atoms with E-state index in [9.17, 15) is 0 Å². The largest absolute Gasteiger partial charge is 0.495 e. The molecule has 0 bridgehead atoms. The molecule has 1 aromatic carbocycles. The monoisotopic (exact) mass is 503 g/mol. The van der Waals surface area contributed by atoms with E-state index >= 15 is 0 Å². The van der Waals surface area contributed by atoms with Crippen LogP contribution in [0.3, 0.4) is 0 Å². The molecular formula is C27H26ClN5OS.